The number of nitrogens with one attached hydrogen (secondary N) is 1. The molecule has 4 nitrogen and oxygen atoms in total. The van der Waals surface area contributed by atoms with Crippen LogP contribution >= 0.6 is 11.3 Å². The molecule has 0 amide bonds. The lowest BCUT2D eigenvalue weighted by molar-refractivity contribution is 0.0346. The number of ether oxygens (including phenoxy) is 1. The van der Waals surface area contributed by atoms with Gasteiger partial charge in [-0.15, -0.1) is 11.3 Å². The van der Waals surface area contributed by atoms with E-state index in [1.54, 1.807) is 0 Å². The van der Waals surface area contributed by atoms with Crippen LogP contribution in [0.1, 0.15) is 4.88 Å². The first-order valence-corrected chi connectivity index (χ1v) is 8.02. The molecule has 1 N–H and O–H groups in total. The van der Waals surface area contributed by atoms with Crippen molar-refractivity contribution >= 4 is 22.4 Å². The zero-order chi connectivity index (χ0) is 14.1. The molecular formula is C16H17N3OS. The van der Waals surface area contributed by atoms with Crippen LogP contribution in [0.25, 0.3) is 21.5 Å². The molecule has 0 atom stereocenters. The second-order valence-corrected chi connectivity index (χ2v) is 6.46. The quantitative estimate of drug-likeness (QED) is 0.808. The highest BCUT2D eigenvalue weighted by Gasteiger charge is 2.12. The predicted octanol–water partition coefficient (Wildman–Crippen LogP) is 3.12. The van der Waals surface area contributed by atoms with Crippen LogP contribution in [0.3, 0.4) is 0 Å². The minimum absolute atomic E-state index is 0.853. The van der Waals surface area contributed by atoms with E-state index in [0.717, 1.165) is 43.9 Å². The topological polar surface area (TPSA) is 41.1 Å². The summed E-state index contributed by atoms with van der Waals surface area (Å²) < 4.78 is 5.40. The molecule has 4 rings (SSSR count). The first kappa shape index (κ1) is 13.0. The highest BCUT2D eigenvalue weighted by Crippen LogP contribution is 2.30. The maximum Gasteiger partial charge on any atom is 0.137 e. The van der Waals surface area contributed by atoms with E-state index in [-0.39, 0.29) is 0 Å². The number of fused-ring (bicyclic) bond motifs is 1. The van der Waals surface area contributed by atoms with Gasteiger partial charge in [0.15, 0.2) is 0 Å². The van der Waals surface area contributed by atoms with Gasteiger partial charge in [-0.25, -0.2) is 4.98 Å². The number of hydrogen-bond acceptors (Lipinski definition) is 4. The van der Waals surface area contributed by atoms with Crippen LogP contribution in [-0.4, -0.2) is 41.2 Å². The van der Waals surface area contributed by atoms with Gasteiger partial charge in [0.2, 0.25) is 0 Å². The lowest BCUT2D eigenvalue weighted by atomic mass is 10.2. The molecule has 1 aliphatic heterocycles. The maximum absolute atomic E-state index is 5.40. The lowest BCUT2D eigenvalue weighted by Gasteiger charge is -2.25. The molecule has 0 aromatic carbocycles. The van der Waals surface area contributed by atoms with Crippen LogP contribution in [0.4, 0.5) is 0 Å². The lowest BCUT2D eigenvalue weighted by Crippen LogP contribution is -2.35. The Kier molecular flexibility index (Phi) is 3.47. The molecule has 0 unspecified atom stereocenters. The van der Waals surface area contributed by atoms with Crippen molar-refractivity contribution in [1.29, 1.82) is 0 Å². The zero-order valence-electron chi connectivity index (χ0n) is 11.7. The van der Waals surface area contributed by atoms with E-state index in [0.29, 0.717) is 0 Å². The monoisotopic (exact) mass is 299 g/mol. The second kappa shape index (κ2) is 5.60. The van der Waals surface area contributed by atoms with Gasteiger partial charge in [-0.2, -0.15) is 0 Å². The van der Waals surface area contributed by atoms with E-state index in [1.165, 1.54) is 15.3 Å². The van der Waals surface area contributed by atoms with Gasteiger partial charge >= 0.3 is 0 Å². The Morgan fingerprint density at radius 3 is 3.05 bits per heavy atom. The Balaban J connectivity index is 1.55. The number of thiophene rings is 1. The molecule has 0 spiro atoms. The summed E-state index contributed by atoms with van der Waals surface area (Å²) in [6.45, 7) is 4.79. The smallest absolute Gasteiger partial charge is 0.137 e. The third-order valence-electron chi connectivity index (χ3n) is 3.83. The largest absolute Gasteiger partial charge is 0.379 e. The molecule has 4 heterocycles. The van der Waals surface area contributed by atoms with Crippen LogP contribution in [-0.2, 0) is 11.3 Å². The van der Waals surface area contributed by atoms with Crippen LogP contribution < -0.4 is 0 Å². The van der Waals surface area contributed by atoms with Gasteiger partial charge in [-0.3, -0.25) is 4.90 Å². The molecule has 3 aromatic rings. The Morgan fingerprint density at radius 2 is 2.14 bits per heavy atom. The Bertz CT molecular complexity index is 743. The summed E-state index contributed by atoms with van der Waals surface area (Å²) in [6, 6.07) is 8.70. The van der Waals surface area contributed by atoms with Gasteiger partial charge < -0.3 is 9.72 Å². The first-order chi connectivity index (χ1) is 10.4. The van der Waals surface area contributed by atoms with Crippen molar-refractivity contribution < 1.29 is 4.74 Å². The van der Waals surface area contributed by atoms with Crippen molar-refractivity contribution in [2.45, 2.75) is 6.54 Å². The van der Waals surface area contributed by atoms with E-state index in [9.17, 15) is 0 Å². The molecule has 1 saturated heterocycles. The minimum Gasteiger partial charge on any atom is -0.379 e. The van der Waals surface area contributed by atoms with Crippen molar-refractivity contribution in [2.24, 2.45) is 0 Å². The van der Waals surface area contributed by atoms with Crippen LogP contribution in [0.2, 0.25) is 0 Å². The number of H-pyrrole nitrogens is 1. The summed E-state index contributed by atoms with van der Waals surface area (Å²) in [5, 5.41) is 1.16. The van der Waals surface area contributed by atoms with Crippen molar-refractivity contribution in [2.75, 3.05) is 26.3 Å². The van der Waals surface area contributed by atoms with Crippen molar-refractivity contribution in [3.8, 4) is 10.4 Å². The molecule has 0 aliphatic carbocycles. The van der Waals surface area contributed by atoms with Crippen molar-refractivity contribution in [3.05, 3.63) is 41.5 Å². The van der Waals surface area contributed by atoms with E-state index < -0.39 is 0 Å². The van der Waals surface area contributed by atoms with Gasteiger partial charge in [0.25, 0.3) is 0 Å². The molecule has 21 heavy (non-hydrogen) atoms. The fourth-order valence-corrected chi connectivity index (χ4v) is 3.70. The fourth-order valence-electron chi connectivity index (χ4n) is 2.67. The van der Waals surface area contributed by atoms with Gasteiger partial charge in [0.05, 0.1) is 13.2 Å². The van der Waals surface area contributed by atoms with Crippen LogP contribution in [0.15, 0.2) is 36.7 Å². The summed E-state index contributed by atoms with van der Waals surface area (Å²) >= 11 is 1.86. The predicted molar refractivity (Wildman–Crippen MR) is 85.5 cm³/mol. The van der Waals surface area contributed by atoms with Gasteiger partial charge in [0.1, 0.15) is 5.65 Å². The zero-order valence-corrected chi connectivity index (χ0v) is 12.5. The van der Waals surface area contributed by atoms with Crippen molar-refractivity contribution in [1.82, 2.24) is 14.9 Å². The normalized spacial score (nSPS) is 16.6. The third-order valence-corrected chi connectivity index (χ3v) is 4.95. The van der Waals surface area contributed by atoms with Crippen LogP contribution in [0.5, 0.6) is 0 Å². The number of aromatic nitrogens is 2. The average molecular weight is 299 g/mol. The molecule has 1 aliphatic rings. The summed E-state index contributed by atoms with van der Waals surface area (Å²) in [7, 11) is 0. The molecule has 1 fully saturated rings. The van der Waals surface area contributed by atoms with Crippen LogP contribution in [0, 0.1) is 0 Å². The summed E-state index contributed by atoms with van der Waals surface area (Å²) in [6.07, 6.45) is 3.88. The van der Waals surface area contributed by atoms with Crippen molar-refractivity contribution in [3.63, 3.8) is 0 Å². The molecule has 5 heteroatoms. The molecule has 108 valence electrons. The molecular weight excluding hydrogens is 282 g/mol. The Labute approximate surface area is 127 Å². The third kappa shape index (κ3) is 2.72. The highest BCUT2D eigenvalue weighted by molar-refractivity contribution is 7.15. The number of hydrogen-bond donors (Lipinski definition) is 1. The van der Waals surface area contributed by atoms with Gasteiger partial charge in [-0.05, 0) is 24.3 Å². The minimum atomic E-state index is 0.853. The molecule has 0 radical (unpaired) electrons. The fraction of sp³-hybridized carbons (Fsp3) is 0.312. The summed E-state index contributed by atoms with van der Waals surface area (Å²) in [4.78, 5) is 12.7. The molecule has 3 aromatic heterocycles. The van der Waals surface area contributed by atoms with E-state index >= 15 is 0 Å². The van der Waals surface area contributed by atoms with Gasteiger partial charge in [-0.1, -0.05) is 0 Å². The maximum atomic E-state index is 5.40. The number of nitrogens with zero attached hydrogens (tertiary/aromatic N) is 2. The SMILES string of the molecule is c1cc2cc(-c3ccc(CN4CCOCC4)s3)cnc2[nH]1. The molecule has 0 saturated carbocycles. The highest BCUT2D eigenvalue weighted by atomic mass is 32.1. The van der Waals surface area contributed by atoms with E-state index in [1.807, 2.05) is 23.7 Å². The first-order valence-electron chi connectivity index (χ1n) is 7.21. The van der Waals surface area contributed by atoms with E-state index in [2.05, 4.69) is 39.1 Å². The van der Waals surface area contributed by atoms with E-state index in [4.69, 9.17) is 4.74 Å². The number of morpholine rings is 1. The summed E-state index contributed by atoms with van der Waals surface area (Å²) in [5.41, 5.74) is 2.14. The number of pyridine rings is 1. The molecule has 0 bridgehead atoms. The number of rotatable bonds is 3. The standard InChI is InChI=1S/C16H17N3OS/c1-2-15(13-9-12-3-4-17-16(12)18-10-13)21-14(1)11-19-5-7-20-8-6-19/h1-4,9-10H,5-8,11H2,(H,17,18). The Morgan fingerprint density at radius 1 is 1.24 bits per heavy atom. The second-order valence-electron chi connectivity index (χ2n) is 5.29. The average Bonchev–Trinajstić information content (AvgIpc) is 3.16. The van der Waals surface area contributed by atoms with Gasteiger partial charge in [0, 0.05) is 52.7 Å². The summed E-state index contributed by atoms with van der Waals surface area (Å²) in [5.74, 6) is 0. The Hall–Kier alpha value is -1.69. The number of aromatic amines is 1.